The highest BCUT2D eigenvalue weighted by molar-refractivity contribution is 8.27. The third kappa shape index (κ3) is 8.54. The lowest BCUT2D eigenvalue weighted by Crippen LogP contribution is -2.25. The van der Waals surface area contributed by atoms with Gasteiger partial charge in [-0.1, -0.05) is 133 Å². The number of para-hydroxylation sites is 2. The number of nitrogens with zero attached hydrogens (tertiary/aromatic N) is 2. The minimum absolute atomic E-state index is 0.137. The van der Waals surface area contributed by atoms with Crippen LogP contribution in [0, 0.1) is 5.92 Å². The quantitative estimate of drug-likeness (QED) is 0.157. The van der Waals surface area contributed by atoms with Gasteiger partial charge in [0.1, 0.15) is 8.64 Å². The van der Waals surface area contributed by atoms with E-state index in [4.69, 9.17) is 24.4 Å². The Morgan fingerprint density at radius 2 is 1.21 bits per heavy atom. The molecule has 7 rings (SSSR count). The number of anilines is 3. The number of carbonyl (C=O) groups excluding carboxylic acids is 2. The Balaban J connectivity index is 1.11. The van der Waals surface area contributed by atoms with Crippen molar-refractivity contribution < 1.29 is 9.59 Å². The van der Waals surface area contributed by atoms with E-state index in [0.717, 1.165) is 47.6 Å². The summed E-state index contributed by atoms with van der Waals surface area (Å²) in [6, 6.07) is 29.4. The zero-order chi connectivity index (χ0) is 35.9. The summed E-state index contributed by atoms with van der Waals surface area (Å²) in [4.78, 5) is 29.9. The molecule has 1 unspecified atom stereocenters. The minimum atomic E-state index is -0.154. The van der Waals surface area contributed by atoms with Crippen LogP contribution in [0.2, 0.25) is 0 Å². The lowest BCUT2D eigenvalue weighted by molar-refractivity contribution is -0.116. The van der Waals surface area contributed by atoms with Crippen molar-refractivity contribution in [3.63, 3.8) is 0 Å². The molecule has 6 nitrogen and oxygen atoms in total. The number of hydrogen-bond donors (Lipinski definition) is 2. The second-order valence-electron chi connectivity index (χ2n) is 12.1. The third-order valence-corrected chi connectivity index (χ3v) is 11.0. The summed E-state index contributed by atoms with van der Waals surface area (Å²) in [5.41, 5.74) is 7.90. The Morgan fingerprint density at radius 3 is 1.73 bits per heavy atom. The van der Waals surface area contributed by atoms with Gasteiger partial charge in [0.25, 0.3) is 11.8 Å². The van der Waals surface area contributed by atoms with Gasteiger partial charge in [0, 0.05) is 34.2 Å². The Bertz CT molecular complexity index is 2150. The largest absolute Gasteiger partial charge is 0.315 e. The molecule has 3 aromatic carbocycles. The summed E-state index contributed by atoms with van der Waals surface area (Å²) in [5.74, 6) is -0.0573. The summed E-state index contributed by atoms with van der Waals surface area (Å²) in [7, 11) is 0. The molecule has 2 aliphatic carbocycles. The summed E-state index contributed by atoms with van der Waals surface area (Å²) >= 11 is 12.8. The molecule has 2 fully saturated rings. The van der Waals surface area contributed by atoms with Crippen molar-refractivity contribution >= 4 is 91.6 Å². The van der Waals surface area contributed by atoms with E-state index in [-0.39, 0.29) is 17.7 Å². The van der Waals surface area contributed by atoms with Gasteiger partial charge >= 0.3 is 0 Å². The predicted molar refractivity (Wildman–Crippen MR) is 226 cm³/mol. The smallest absolute Gasteiger partial charge is 0.263 e. The van der Waals surface area contributed by atoms with Crippen LogP contribution >= 0.6 is 48.0 Å². The molecule has 2 saturated heterocycles. The molecular weight excluding hydrogens is 721 g/mol. The second kappa shape index (κ2) is 16.6. The highest BCUT2D eigenvalue weighted by Crippen LogP contribution is 2.38. The summed E-state index contributed by atoms with van der Waals surface area (Å²) < 4.78 is 0.984. The normalized spacial score (nSPS) is 20.4. The number of allylic oxidation sites excluding steroid dienone is 12. The topological polar surface area (TPSA) is 64.7 Å². The maximum Gasteiger partial charge on any atom is 0.263 e. The van der Waals surface area contributed by atoms with Gasteiger partial charge in [0.2, 0.25) is 0 Å². The summed E-state index contributed by atoms with van der Waals surface area (Å²) in [6.07, 6.45) is 25.3. The van der Waals surface area contributed by atoms with Crippen LogP contribution in [-0.4, -0.2) is 20.5 Å². The van der Waals surface area contributed by atoms with Crippen LogP contribution in [0.3, 0.4) is 0 Å². The first-order chi connectivity index (χ1) is 25.4. The fraction of sp³-hybridized carbons (Fsp3) is 0.0952. The molecule has 1 atom stereocenters. The van der Waals surface area contributed by atoms with Crippen LogP contribution in [-0.2, 0) is 9.59 Å². The Hall–Kier alpha value is -5.00. The fourth-order valence-corrected chi connectivity index (χ4v) is 8.17. The van der Waals surface area contributed by atoms with E-state index in [1.807, 2.05) is 36.4 Å². The first-order valence-electron chi connectivity index (χ1n) is 16.8. The van der Waals surface area contributed by atoms with E-state index in [1.54, 1.807) is 6.08 Å². The number of amides is 2. The van der Waals surface area contributed by atoms with Crippen LogP contribution < -0.4 is 20.4 Å². The number of hydrogen-bond acceptors (Lipinski definition) is 8. The van der Waals surface area contributed by atoms with Crippen molar-refractivity contribution in [2.24, 2.45) is 5.92 Å². The third-order valence-electron chi connectivity index (χ3n) is 8.66. The minimum Gasteiger partial charge on any atom is -0.315 e. The molecule has 4 aliphatic rings. The molecular formula is C42H34N4O2S4. The van der Waals surface area contributed by atoms with Gasteiger partial charge in [-0.05, 0) is 97.5 Å². The van der Waals surface area contributed by atoms with Crippen molar-refractivity contribution in [2.75, 3.05) is 9.80 Å². The zero-order valence-electron chi connectivity index (χ0n) is 28.0. The van der Waals surface area contributed by atoms with Gasteiger partial charge in [-0.2, -0.15) is 0 Å². The molecule has 0 radical (unpaired) electrons. The molecule has 3 aromatic rings. The zero-order valence-corrected chi connectivity index (χ0v) is 31.2. The molecule has 0 bridgehead atoms. The van der Waals surface area contributed by atoms with E-state index in [0.29, 0.717) is 18.5 Å². The lowest BCUT2D eigenvalue weighted by atomic mass is 9.96. The van der Waals surface area contributed by atoms with E-state index in [2.05, 4.69) is 130 Å². The molecule has 0 saturated carbocycles. The summed E-state index contributed by atoms with van der Waals surface area (Å²) in [5, 5.41) is 5.30. The number of thioether (sulfide) groups is 2. The van der Waals surface area contributed by atoms with Crippen molar-refractivity contribution in [1.29, 1.82) is 0 Å². The number of thiocarbonyl (C=S) groups is 2. The maximum absolute atomic E-state index is 12.0. The maximum atomic E-state index is 12.0. The predicted octanol–water partition coefficient (Wildman–Crippen LogP) is 9.99. The van der Waals surface area contributed by atoms with E-state index in [1.165, 1.54) is 34.9 Å². The van der Waals surface area contributed by atoms with Crippen LogP contribution in [0.25, 0.3) is 6.08 Å². The lowest BCUT2D eigenvalue weighted by Gasteiger charge is -2.34. The second-order valence-corrected chi connectivity index (χ2v) is 15.6. The summed E-state index contributed by atoms with van der Waals surface area (Å²) in [6.45, 7) is 0. The van der Waals surface area contributed by atoms with Gasteiger partial charge in [0.15, 0.2) is 0 Å². The van der Waals surface area contributed by atoms with Crippen molar-refractivity contribution in [2.45, 2.75) is 19.3 Å². The average Bonchev–Trinajstić information content (AvgIpc) is 3.67. The SMILES string of the molecule is O=C1NC(=S)S/C1=C\C=C\c1ccc(N(C2=CC=C(N(C3=CCC(/C=C/C=C4\SC(=S)NC4=O)C=C3)c3ccccc3)CC2)c2ccccc2)cc1. The Kier molecular flexibility index (Phi) is 11.3. The van der Waals surface area contributed by atoms with Crippen LogP contribution in [0.4, 0.5) is 17.1 Å². The highest BCUT2D eigenvalue weighted by Gasteiger charge is 2.24. The monoisotopic (exact) mass is 754 g/mol. The van der Waals surface area contributed by atoms with Gasteiger partial charge in [-0.15, -0.1) is 0 Å². The standard InChI is InChI=1S/C42H34N4O2S4/c47-39-37(51-41(49)43-39)15-7-9-29-17-21-33(22-18-29)45(31-11-3-1-4-12-31)35-25-27-36(28-26-35)46(32-13-5-2-6-14-32)34-23-19-30(20-24-34)10-8-16-38-40(48)44-42(50)52-38/h1-19,21-25,27,30H,20,26,28H2,(H,43,47,49)(H,44,48,50)/b9-7+,10-8+,37-15-,38-16-. The first-order valence-corrected chi connectivity index (χ1v) is 19.3. The van der Waals surface area contributed by atoms with E-state index >= 15 is 0 Å². The Labute approximate surface area is 323 Å². The molecule has 2 aliphatic heterocycles. The molecule has 0 aromatic heterocycles. The number of rotatable bonds is 10. The van der Waals surface area contributed by atoms with Crippen LogP contribution in [0.15, 0.2) is 173 Å². The molecule has 2 heterocycles. The highest BCUT2D eigenvalue weighted by atomic mass is 32.2. The van der Waals surface area contributed by atoms with Gasteiger partial charge < -0.3 is 20.4 Å². The molecule has 2 N–H and O–H groups in total. The number of nitrogens with one attached hydrogen (secondary N) is 2. The van der Waals surface area contributed by atoms with Crippen LogP contribution in [0.1, 0.15) is 24.8 Å². The van der Waals surface area contributed by atoms with Gasteiger partial charge in [-0.3, -0.25) is 9.59 Å². The average molecular weight is 755 g/mol. The number of carbonyl (C=O) groups is 2. The van der Waals surface area contributed by atoms with Crippen molar-refractivity contribution in [3.05, 3.63) is 178 Å². The molecule has 52 heavy (non-hydrogen) atoms. The van der Waals surface area contributed by atoms with Crippen molar-refractivity contribution in [1.82, 2.24) is 10.6 Å². The molecule has 258 valence electrons. The molecule has 10 heteroatoms. The van der Waals surface area contributed by atoms with Crippen molar-refractivity contribution in [3.8, 4) is 0 Å². The molecule has 0 spiro atoms. The van der Waals surface area contributed by atoms with Gasteiger partial charge in [0.05, 0.1) is 9.81 Å². The van der Waals surface area contributed by atoms with E-state index in [9.17, 15) is 9.59 Å². The van der Waals surface area contributed by atoms with Crippen LogP contribution in [0.5, 0.6) is 0 Å². The first kappa shape index (κ1) is 35.4. The number of benzene rings is 3. The fourth-order valence-electron chi connectivity index (χ4n) is 6.18. The molecule has 2 amide bonds. The van der Waals surface area contributed by atoms with E-state index < -0.39 is 0 Å². The van der Waals surface area contributed by atoms with Gasteiger partial charge in [-0.25, -0.2) is 0 Å². The Morgan fingerprint density at radius 1 is 0.673 bits per heavy atom.